The molecular formula is C16H20ClN3. The normalized spacial score (nSPS) is 24.1. The third-order valence-electron chi connectivity index (χ3n) is 4.08. The number of aromatic nitrogens is 1. The van der Waals surface area contributed by atoms with E-state index in [4.69, 9.17) is 11.6 Å². The van der Waals surface area contributed by atoms with Gasteiger partial charge in [-0.15, -0.1) is 0 Å². The van der Waals surface area contributed by atoms with Crippen LogP contribution < -0.4 is 5.32 Å². The van der Waals surface area contributed by atoms with Gasteiger partial charge in [0.2, 0.25) is 0 Å². The first-order valence-electron chi connectivity index (χ1n) is 7.14. The summed E-state index contributed by atoms with van der Waals surface area (Å²) in [7, 11) is 0. The zero-order valence-electron chi connectivity index (χ0n) is 11.9. The summed E-state index contributed by atoms with van der Waals surface area (Å²) >= 11 is 6.42. The molecule has 106 valence electrons. The van der Waals surface area contributed by atoms with E-state index in [1.807, 2.05) is 24.4 Å². The second kappa shape index (κ2) is 5.68. The van der Waals surface area contributed by atoms with Crippen LogP contribution in [-0.2, 0) is 6.54 Å². The van der Waals surface area contributed by atoms with Gasteiger partial charge in [-0.3, -0.25) is 9.88 Å². The van der Waals surface area contributed by atoms with E-state index in [-0.39, 0.29) is 0 Å². The second-order valence-electron chi connectivity index (χ2n) is 5.69. The largest absolute Gasteiger partial charge is 0.311 e. The fourth-order valence-corrected chi connectivity index (χ4v) is 3.06. The van der Waals surface area contributed by atoms with Crippen molar-refractivity contribution in [2.24, 2.45) is 0 Å². The number of nitrogens with one attached hydrogen (secondary N) is 1. The number of hydrogen-bond acceptors (Lipinski definition) is 3. The molecule has 2 aromatic rings. The molecule has 20 heavy (non-hydrogen) atoms. The van der Waals surface area contributed by atoms with Gasteiger partial charge in [0.15, 0.2) is 0 Å². The lowest BCUT2D eigenvalue weighted by molar-refractivity contribution is 0.139. The summed E-state index contributed by atoms with van der Waals surface area (Å²) in [5.74, 6) is 0. The minimum atomic E-state index is 0.515. The van der Waals surface area contributed by atoms with Crippen molar-refractivity contribution in [3.8, 4) is 0 Å². The molecule has 2 unspecified atom stereocenters. The minimum absolute atomic E-state index is 0.515. The number of nitrogens with zero attached hydrogens (tertiary/aromatic N) is 2. The van der Waals surface area contributed by atoms with E-state index in [0.29, 0.717) is 12.1 Å². The molecule has 4 heteroatoms. The highest BCUT2D eigenvalue weighted by molar-refractivity contribution is 6.32. The smallest absolute Gasteiger partial charge is 0.0761 e. The van der Waals surface area contributed by atoms with Gasteiger partial charge in [0.05, 0.1) is 5.52 Å². The van der Waals surface area contributed by atoms with Gasteiger partial charge >= 0.3 is 0 Å². The van der Waals surface area contributed by atoms with Crippen molar-refractivity contribution in [2.45, 2.75) is 32.5 Å². The van der Waals surface area contributed by atoms with Crippen molar-refractivity contribution in [1.82, 2.24) is 15.2 Å². The molecule has 3 rings (SSSR count). The van der Waals surface area contributed by atoms with Gasteiger partial charge < -0.3 is 5.32 Å². The molecule has 2 atom stereocenters. The number of pyridine rings is 1. The van der Waals surface area contributed by atoms with Crippen LogP contribution in [0.15, 0.2) is 30.5 Å². The van der Waals surface area contributed by atoms with Crippen LogP contribution in [0.4, 0.5) is 0 Å². The lowest BCUT2D eigenvalue weighted by atomic mass is 10.1. The zero-order valence-corrected chi connectivity index (χ0v) is 12.7. The SMILES string of the molecule is CC1CN(Cc2c(Cl)ccc3cccnc23)C(C)CN1. The summed E-state index contributed by atoms with van der Waals surface area (Å²) < 4.78 is 0. The Morgan fingerprint density at radius 3 is 3.05 bits per heavy atom. The van der Waals surface area contributed by atoms with Gasteiger partial charge in [0.25, 0.3) is 0 Å². The molecule has 1 aromatic heterocycles. The average molecular weight is 290 g/mol. The highest BCUT2D eigenvalue weighted by Crippen LogP contribution is 2.27. The van der Waals surface area contributed by atoms with E-state index < -0.39 is 0 Å². The molecule has 2 heterocycles. The first-order valence-corrected chi connectivity index (χ1v) is 7.52. The van der Waals surface area contributed by atoms with Gasteiger partial charge in [-0.1, -0.05) is 23.7 Å². The summed E-state index contributed by atoms with van der Waals surface area (Å²) in [6, 6.07) is 9.12. The summed E-state index contributed by atoms with van der Waals surface area (Å²) in [5, 5.41) is 5.48. The van der Waals surface area contributed by atoms with Gasteiger partial charge in [-0.05, 0) is 26.0 Å². The molecule has 0 saturated carbocycles. The third-order valence-corrected chi connectivity index (χ3v) is 4.43. The Hall–Kier alpha value is -1.16. The molecule has 0 radical (unpaired) electrons. The molecule has 3 nitrogen and oxygen atoms in total. The topological polar surface area (TPSA) is 28.2 Å². The van der Waals surface area contributed by atoms with Crippen LogP contribution >= 0.6 is 11.6 Å². The number of piperazine rings is 1. The number of hydrogen-bond donors (Lipinski definition) is 1. The Morgan fingerprint density at radius 2 is 2.20 bits per heavy atom. The number of benzene rings is 1. The molecule has 0 amide bonds. The maximum absolute atomic E-state index is 6.42. The van der Waals surface area contributed by atoms with Crippen molar-refractivity contribution >= 4 is 22.5 Å². The summed E-state index contributed by atoms with van der Waals surface area (Å²) in [6.45, 7) is 7.41. The van der Waals surface area contributed by atoms with Crippen LogP contribution in [0.1, 0.15) is 19.4 Å². The molecular weight excluding hydrogens is 270 g/mol. The zero-order chi connectivity index (χ0) is 14.1. The van der Waals surface area contributed by atoms with E-state index in [2.05, 4.69) is 35.1 Å². The van der Waals surface area contributed by atoms with Crippen molar-refractivity contribution in [2.75, 3.05) is 13.1 Å². The Morgan fingerprint density at radius 1 is 1.35 bits per heavy atom. The van der Waals surface area contributed by atoms with Crippen LogP contribution in [0.25, 0.3) is 10.9 Å². The molecule has 1 aliphatic rings. The standard InChI is InChI=1S/C16H20ClN3/c1-11-9-20(12(2)8-19-11)10-14-15(17)6-5-13-4-3-7-18-16(13)14/h3-7,11-12,19H,8-10H2,1-2H3. The predicted octanol–water partition coefficient (Wildman–Crippen LogP) is 3.07. The summed E-state index contributed by atoms with van der Waals surface area (Å²) in [5.41, 5.74) is 2.17. The molecule has 0 aliphatic carbocycles. The third kappa shape index (κ3) is 2.66. The first-order chi connectivity index (χ1) is 9.65. The summed E-state index contributed by atoms with van der Waals surface area (Å²) in [6.07, 6.45) is 1.84. The maximum atomic E-state index is 6.42. The predicted molar refractivity (Wildman–Crippen MR) is 84.1 cm³/mol. The highest BCUT2D eigenvalue weighted by atomic mass is 35.5. The quantitative estimate of drug-likeness (QED) is 0.921. The van der Waals surface area contributed by atoms with Crippen molar-refractivity contribution < 1.29 is 0 Å². The highest BCUT2D eigenvalue weighted by Gasteiger charge is 2.23. The van der Waals surface area contributed by atoms with Gasteiger partial charge in [-0.25, -0.2) is 0 Å². The average Bonchev–Trinajstić information content (AvgIpc) is 2.46. The molecule has 0 spiro atoms. The van der Waals surface area contributed by atoms with Crippen LogP contribution in [0.2, 0.25) is 5.02 Å². The fourth-order valence-electron chi connectivity index (χ4n) is 2.85. The number of fused-ring (bicyclic) bond motifs is 1. The monoisotopic (exact) mass is 289 g/mol. The Labute approximate surface area is 124 Å². The van der Waals surface area contributed by atoms with Crippen molar-refractivity contribution in [3.05, 3.63) is 41.0 Å². The Bertz CT molecular complexity index is 614. The molecule has 1 saturated heterocycles. The Balaban J connectivity index is 1.95. The number of rotatable bonds is 2. The first kappa shape index (κ1) is 13.8. The minimum Gasteiger partial charge on any atom is -0.311 e. The van der Waals surface area contributed by atoms with Crippen LogP contribution in [0.3, 0.4) is 0 Å². The lowest BCUT2D eigenvalue weighted by Crippen LogP contribution is -2.53. The lowest BCUT2D eigenvalue weighted by Gasteiger charge is -2.37. The number of halogens is 1. The van der Waals surface area contributed by atoms with Crippen LogP contribution in [-0.4, -0.2) is 35.1 Å². The molecule has 0 bridgehead atoms. The van der Waals surface area contributed by atoms with E-state index in [1.54, 1.807) is 0 Å². The fraction of sp³-hybridized carbons (Fsp3) is 0.438. The van der Waals surface area contributed by atoms with Crippen LogP contribution in [0, 0.1) is 0 Å². The Kier molecular flexibility index (Phi) is 3.92. The molecule has 1 fully saturated rings. The molecule has 1 aliphatic heterocycles. The summed E-state index contributed by atoms with van der Waals surface area (Å²) in [4.78, 5) is 7.01. The van der Waals surface area contributed by atoms with Crippen LogP contribution in [0.5, 0.6) is 0 Å². The van der Waals surface area contributed by atoms with Crippen molar-refractivity contribution in [1.29, 1.82) is 0 Å². The maximum Gasteiger partial charge on any atom is 0.0761 e. The van der Waals surface area contributed by atoms with Gasteiger partial charge in [0, 0.05) is 53.9 Å². The van der Waals surface area contributed by atoms with E-state index in [1.165, 1.54) is 0 Å². The van der Waals surface area contributed by atoms with Gasteiger partial charge in [0.1, 0.15) is 0 Å². The van der Waals surface area contributed by atoms with E-state index in [0.717, 1.165) is 41.1 Å². The molecule has 1 N–H and O–H groups in total. The van der Waals surface area contributed by atoms with Crippen molar-refractivity contribution in [3.63, 3.8) is 0 Å². The van der Waals surface area contributed by atoms with E-state index in [9.17, 15) is 0 Å². The molecule has 1 aromatic carbocycles. The van der Waals surface area contributed by atoms with E-state index >= 15 is 0 Å². The van der Waals surface area contributed by atoms with Gasteiger partial charge in [-0.2, -0.15) is 0 Å². The second-order valence-corrected chi connectivity index (χ2v) is 6.10.